The SMILES string of the molecule is COc1cccc(CN(C2=NCCCS2)C2CCCC2)c1OC. The van der Waals surface area contributed by atoms with Gasteiger partial charge in [-0.2, -0.15) is 0 Å². The molecule has 0 radical (unpaired) electrons. The van der Waals surface area contributed by atoms with Gasteiger partial charge in [-0.3, -0.25) is 4.99 Å². The first-order valence-electron chi connectivity index (χ1n) is 8.47. The maximum absolute atomic E-state index is 5.62. The van der Waals surface area contributed by atoms with Gasteiger partial charge in [0, 0.05) is 30.4 Å². The number of hydrogen-bond donors (Lipinski definition) is 0. The Hall–Kier alpha value is -1.36. The lowest BCUT2D eigenvalue weighted by Crippen LogP contribution is -2.38. The van der Waals surface area contributed by atoms with Crippen LogP contribution in [0.4, 0.5) is 0 Å². The zero-order chi connectivity index (χ0) is 16.1. The number of methoxy groups -OCH3 is 2. The van der Waals surface area contributed by atoms with E-state index in [-0.39, 0.29) is 0 Å². The molecule has 5 heteroatoms. The lowest BCUT2D eigenvalue weighted by Gasteiger charge is -2.33. The number of rotatable bonds is 5. The van der Waals surface area contributed by atoms with Crippen molar-refractivity contribution < 1.29 is 9.47 Å². The highest BCUT2D eigenvalue weighted by atomic mass is 32.2. The Labute approximate surface area is 143 Å². The number of hydrogen-bond acceptors (Lipinski definition) is 5. The number of nitrogens with zero attached hydrogens (tertiary/aromatic N) is 2. The first-order chi connectivity index (χ1) is 11.3. The average Bonchev–Trinajstić information content (AvgIpc) is 3.14. The maximum atomic E-state index is 5.62. The molecule has 1 heterocycles. The van der Waals surface area contributed by atoms with Crippen molar-refractivity contribution in [3.63, 3.8) is 0 Å². The first-order valence-corrected chi connectivity index (χ1v) is 9.46. The highest BCUT2D eigenvalue weighted by Gasteiger charge is 2.27. The van der Waals surface area contributed by atoms with Gasteiger partial charge in [0.05, 0.1) is 14.2 Å². The van der Waals surface area contributed by atoms with Crippen LogP contribution in [0.25, 0.3) is 0 Å². The molecule has 4 nitrogen and oxygen atoms in total. The molecule has 1 aliphatic heterocycles. The summed E-state index contributed by atoms with van der Waals surface area (Å²) >= 11 is 1.90. The van der Waals surface area contributed by atoms with Gasteiger partial charge in [0.1, 0.15) is 0 Å². The van der Waals surface area contributed by atoms with E-state index >= 15 is 0 Å². The van der Waals surface area contributed by atoms with Crippen LogP contribution in [0.1, 0.15) is 37.7 Å². The van der Waals surface area contributed by atoms with E-state index < -0.39 is 0 Å². The third-order valence-corrected chi connectivity index (χ3v) is 5.73. The monoisotopic (exact) mass is 334 g/mol. The highest BCUT2D eigenvalue weighted by Crippen LogP contribution is 2.35. The maximum Gasteiger partial charge on any atom is 0.165 e. The van der Waals surface area contributed by atoms with Gasteiger partial charge in [-0.25, -0.2) is 0 Å². The molecule has 0 N–H and O–H groups in total. The molecular weight excluding hydrogens is 308 g/mol. The Morgan fingerprint density at radius 2 is 2.00 bits per heavy atom. The third-order valence-electron chi connectivity index (χ3n) is 4.62. The molecule has 23 heavy (non-hydrogen) atoms. The van der Waals surface area contributed by atoms with E-state index in [9.17, 15) is 0 Å². The number of amidine groups is 1. The normalized spacial score (nSPS) is 18.6. The predicted octanol–water partition coefficient (Wildman–Crippen LogP) is 3.94. The molecule has 1 aliphatic carbocycles. The molecule has 0 bridgehead atoms. The van der Waals surface area contributed by atoms with Crippen LogP contribution >= 0.6 is 11.8 Å². The smallest absolute Gasteiger partial charge is 0.165 e. The van der Waals surface area contributed by atoms with E-state index in [4.69, 9.17) is 14.5 Å². The Balaban J connectivity index is 1.87. The van der Waals surface area contributed by atoms with E-state index in [0.717, 1.165) is 24.6 Å². The fourth-order valence-corrected chi connectivity index (χ4v) is 4.47. The third kappa shape index (κ3) is 3.77. The second-order valence-corrected chi connectivity index (χ2v) is 7.15. The number of thioether (sulfide) groups is 1. The van der Waals surface area contributed by atoms with Crippen molar-refractivity contribution in [2.24, 2.45) is 4.99 Å². The summed E-state index contributed by atoms with van der Waals surface area (Å²) in [6.07, 6.45) is 6.38. The topological polar surface area (TPSA) is 34.1 Å². The van der Waals surface area contributed by atoms with Gasteiger partial charge < -0.3 is 14.4 Å². The summed E-state index contributed by atoms with van der Waals surface area (Å²) < 4.78 is 11.1. The zero-order valence-electron chi connectivity index (χ0n) is 14.1. The van der Waals surface area contributed by atoms with Crippen molar-refractivity contribution >= 4 is 16.9 Å². The molecule has 3 rings (SSSR count). The molecule has 2 aliphatic rings. The molecule has 1 fully saturated rings. The van der Waals surface area contributed by atoms with Crippen LogP contribution in [0.5, 0.6) is 11.5 Å². The fourth-order valence-electron chi connectivity index (χ4n) is 3.45. The summed E-state index contributed by atoms with van der Waals surface area (Å²) in [6.45, 7) is 1.80. The Bertz CT molecular complexity index is 556. The zero-order valence-corrected chi connectivity index (χ0v) is 14.9. The van der Waals surface area contributed by atoms with Gasteiger partial charge in [-0.05, 0) is 25.3 Å². The van der Waals surface area contributed by atoms with Crippen molar-refractivity contribution in [1.82, 2.24) is 4.90 Å². The van der Waals surface area contributed by atoms with Crippen molar-refractivity contribution in [2.75, 3.05) is 26.5 Å². The Kier molecular flexibility index (Phi) is 5.70. The molecule has 1 aromatic rings. The summed E-state index contributed by atoms with van der Waals surface area (Å²) in [6, 6.07) is 6.74. The molecule has 0 unspecified atom stereocenters. The highest BCUT2D eigenvalue weighted by molar-refractivity contribution is 8.13. The molecule has 0 saturated heterocycles. The van der Waals surface area contributed by atoms with Crippen LogP contribution in [0.3, 0.4) is 0 Å². The van der Waals surface area contributed by atoms with Crippen molar-refractivity contribution in [1.29, 1.82) is 0 Å². The van der Waals surface area contributed by atoms with Crippen LogP contribution in [-0.2, 0) is 6.54 Å². The number of ether oxygens (including phenoxy) is 2. The predicted molar refractivity (Wildman–Crippen MR) is 96.7 cm³/mol. The summed E-state index contributed by atoms with van der Waals surface area (Å²) in [4.78, 5) is 7.31. The van der Waals surface area contributed by atoms with Gasteiger partial charge in [0.15, 0.2) is 16.7 Å². The van der Waals surface area contributed by atoms with Crippen LogP contribution < -0.4 is 9.47 Å². The molecule has 0 atom stereocenters. The van der Waals surface area contributed by atoms with E-state index in [0.29, 0.717) is 6.04 Å². The van der Waals surface area contributed by atoms with E-state index in [1.54, 1.807) is 14.2 Å². The van der Waals surface area contributed by atoms with Gasteiger partial charge in [0.25, 0.3) is 0 Å². The van der Waals surface area contributed by atoms with Crippen LogP contribution in [0.15, 0.2) is 23.2 Å². The van der Waals surface area contributed by atoms with E-state index in [1.165, 1.54) is 48.6 Å². The van der Waals surface area contributed by atoms with Gasteiger partial charge in [-0.15, -0.1) is 0 Å². The van der Waals surface area contributed by atoms with E-state index in [2.05, 4.69) is 11.0 Å². The number of benzene rings is 1. The van der Waals surface area contributed by atoms with Crippen molar-refractivity contribution in [2.45, 2.75) is 44.7 Å². The lowest BCUT2D eigenvalue weighted by atomic mass is 10.1. The van der Waals surface area contributed by atoms with Crippen molar-refractivity contribution in [3.05, 3.63) is 23.8 Å². The van der Waals surface area contributed by atoms with Gasteiger partial charge in [0.2, 0.25) is 0 Å². The fraction of sp³-hybridized carbons (Fsp3) is 0.611. The molecule has 0 spiro atoms. The second kappa shape index (κ2) is 7.95. The molecular formula is C18H26N2O2S. The number of aliphatic imine (C=N–C) groups is 1. The Morgan fingerprint density at radius 1 is 1.17 bits per heavy atom. The van der Waals surface area contributed by atoms with Gasteiger partial charge >= 0.3 is 0 Å². The van der Waals surface area contributed by atoms with Gasteiger partial charge in [-0.1, -0.05) is 36.7 Å². The molecule has 0 aromatic heterocycles. The lowest BCUT2D eigenvalue weighted by molar-refractivity contribution is 0.300. The van der Waals surface area contributed by atoms with E-state index in [1.807, 2.05) is 23.9 Å². The minimum Gasteiger partial charge on any atom is -0.493 e. The summed E-state index contributed by atoms with van der Waals surface area (Å²) in [5, 5.41) is 1.22. The summed E-state index contributed by atoms with van der Waals surface area (Å²) in [5.41, 5.74) is 1.17. The Morgan fingerprint density at radius 3 is 2.65 bits per heavy atom. The largest absolute Gasteiger partial charge is 0.493 e. The second-order valence-electron chi connectivity index (χ2n) is 6.09. The molecule has 1 aromatic carbocycles. The summed E-state index contributed by atoms with van der Waals surface area (Å²) in [5.74, 6) is 2.83. The molecule has 126 valence electrons. The standard InChI is InChI=1S/C18H26N2O2S/c1-21-16-10-5-7-14(17(16)22-2)13-20(15-8-3-4-9-15)18-19-11-6-12-23-18/h5,7,10,15H,3-4,6,8-9,11-13H2,1-2H3. The van der Waals surface area contributed by atoms with Crippen LogP contribution in [0.2, 0.25) is 0 Å². The minimum atomic E-state index is 0.607. The number of para-hydroxylation sites is 1. The molecule has 0 amide bonds. The quantitative estimate of drug-likeness (QED) is 0.817. The van der Waals surface area contributed by atoms with Crippen molar-refractivity contribution in [3.8, 4) is 11.5 Å². The van der Waals surface area contributed by atoms with Crippen LogP contribution in [-0.4, -0.2) is 42.6 Å². The summed E-state index contributed by atoms with van der Waals surface area (Å²) in [7, 11) is 3.41. The molecule has 1 saturated carbocycles. The van der Waals surface area contributed by atoms with Crippen LogP contribution in [0, 0.1) is 0 Å². The first kappa shape index (κ1) is 16.5. The minimum absolute atomic E-state index is 0.607. The average molecular weight is 334 g/mol.